The van der Waals surface area contributed by atoms with Crippen LogP contribution < -0.4 is 10.1 Å². The number of aromatic nitrogens is 2. The number of hydrogen-bond acceptors (Lipinski definition) is 6. The lowest BCUT2D eigenvalue weighted by atomic mass is 10.0. The molecule has 192 valence electrons. The molecular weight excluding hydrogens is 480 g/mol. The number of nitrogens with one attached hydrogen (secondary N) is 1. The maximum Gasteiger partial charge on any atom is 0.251 e. The number of rotatable bonds is 11. The third kappa shape index (κ3) is 7.08. The molecule has 0 saturated carbocycles. The summed E-state index contributed by atoms with van der Waals surface area (Å²) in [6.07, 6.45) is 2.92. The van der Waals surface area contributed by atoms with Crippen molar-refractivity contribution in [2.45, 2.75) is 45.8 Å². The van der Waals surface area contributed by atoms with Gasteiger partial charge in [0, 0.05) is 37.0 Å². The Morgan fingerprint density at radius 1 is 1.22 bits per heavy atom. The molecule has 3 aromatic rings. The standard InChI is InChI=1S/C27H33ClN4O4/c1-17(2)36-25-11-10-21(15-23(25)28)27(34)29-22(12-13-33)14-19-6-8-20(9-7-19)24-16-32(4)26(30-24)18(3)31-35-5/h6-11,15-17,22,33H,12-14H2,1-5H3,(H,29,34). The molecule has 3 rings (SSSR count). The monoisotopic (exact) mass is 512 g/mol. The van der Waals surface area contributed by atoms with E-state index in [1.807, 2.05) is 62.8 Å². The average Bonchev–Trinajstić information content (AvgIpc) is 3.22. The number of aliphatic hydroxyl groups is 1. The number of imidazole rings is 1. The molecule has 0 aliphatic heterocycles. The van der Waals surface area contributed by atoms with E-state index in [2.05, 4.69) is 15.5 Å². The zero-order valence-electron chi connectivity index (χ0n) is 21.3. The van der Waals surface area contributed by atoms with Crippen molar-refractivity contribution in [3.8, 4) is 17.0 Å². The van der Waals surface area contributed by atoms with E-state index in [0.717, 1.165) is 22.6 Å². The van der Waals surface area contributed by atoms with Gasteiger partial charge in [-0.15, -0.1) is 0 Å². The molecule has 1 atom stereocenters. The van der Waals surface area contributed by atoms with Gasteiger partial charge in [-0.3, -0.25) is 4.79 Å². The predicted octanol–water partition coefficient (Wildman–Crippen LogP) is 4.62. The Labute approximate surface area is 216 Å². The zero-order valence-corrected chi connectivity index (χ0v) is 22.0. The largest absolute Gasteiger partial charge is 0.489 e. The molecule has 2 N–H and O–H groups in total. The van der Waals surface area contributed by atoms with Gasteiger partial charge in [-0.25, -0.2) is 4.98 Å². The zero-order chi connectivity index (χ0) is 26.2. The van der Waals surface area contributed by atoms with Gasteiger partial charge in [0.1, 0.15) is 18.6 Å². The molecule has 0 radical (unpaired) electrons. The number of amides is 1. The van der Waals surface area contributed by atoms with Crippen molar-refractivity contribution in [2.24, 2.45) is 12.2 Å². The Kier molecular flexibility index (Phi) is 9.50. The summed E-state index contributed by atoms with van der Waals surface area (Å²) in [7, 11) is 3.42. The van der Waals surface area contributed by atoms with Crippen molar-refractivity contribution < 1.29 is 19.5 Å². The number of aliphatic hydroxyl groups excluding tert-OH is 1. The van der Waals surface area contributed by atoms with Gasteiger partial charge in [-0.2, -0.15) is 0 Å². The van der Waals surface area contributed by atoms with Gasteiger partial charge >= 0.3 is 0 Å². The molecule has 8 nitrogen and oxygen atoms in total. The normalized spacial score (nSPS) is 12.5. The molecule has 0 aliphatic rings. The van der Waals surface area contributed by atoms with E-state index in [4.69, 9.17) is 21.2 Å². The van der Waals surface area contributed by atoms with Crippen molar-refractivity contribution in [1.82, 2.24) is 14.9 Å². The fraction of sp³-hybridized carbons (Fsp3) is 0.370. The minimum Gasteiger partial charge on any atom is -0.489 e. The van der Waals surface area contributed by atoms with Gasteiger partial charge in [0.2, 0.25) is 0 Å². The van der Waals surface area contributed by atoms with Crippen LogP contribution in [0, 0.1) is 0 Å². The number of ether oxygens (including phenoxy) is 1. The number of nitrogens with zero attached hydrogens (tertiary/aromatic N) is 3. The number of hydrogen-bond donors (Lipinski definition) is 2. The molecule has 1 heterocycles. The molecule has 1 unspecified atom stereocenters. The first-order chi connectivity index (χ1) is 17.2. The summed E-state index contributed by atoms with van der Waals surface area (Å²) < 4.78 is 7.54. The number of benzene rings is 2. The maximum absolute atomic E-state index is 12.9. The third-order valence-electron chi connectivity index (χ3n) is 5.53. The van der Waals surface area contributed by atoms with E-state index >= 15 is 0 Å². The van der Waals surface area contributed by atoms with E-state index in [9.17, 15) is 9.90 Å². The average molecular weight is 513 g/mol. The fourth-order valence-electron chi connectivity index (χ4n) is 3.86. The first kappa shape index (κ1) is 27.2. The fourth-order valence-corrected chi connectivity index (χ4v) is 4.08. The molecule has 2 aromatic carbocycles. The van der Waals surface area contributed by atoms with Crippen LogP contribution in [0.15, 0.2) is 53.8 Å². The van der Waals surface area contributed by atoms with Crippen LogP contribution in [0.25, 0.3) is 11.3 Å². The van der Waals surface area contributed by atoms with Crippen molar-refractivity contribution in [1.29, 1.82) is 0 Å². The highest BCUT2D eigenvalue weighted by atomic mass is 35.5. The quantitative estimate of drug-likeness (QED) is 0.288. The Morgan fingerprint density at radius 2 is 1.94 bits per heavy atom. The summed E-state index contributed by atoms with van der Waals surface area (Å²) in [6.45, 7) is 5.63. The van der Waals surface area contributed by atoms with Crippen molar-refractivity contribution >= 4 is 23.2 Å². The van der Waals surface area contributed by atoms with Gasteiger partial charge in [0.15, 0.2) is 5.82 Å². The SMILES string of the molecule is CON=C(C)c1nc(-c2ccc(CC(CCO)NC(=O)c3ccc(OC(C)C)c(Cl)c3)cc2)cn1C. The topological polar surface area (TPSA) is 98.0 Å². The number of carbonyl (C=O) groups is 1. The van der Waals surface area contributed by atoms with E-state index < -0.39 is 0 Å². The molecule has 0 bridgehead atoms. The Balaban J connectivity index is 1.69. The van der Waals surface area contributed by atoms with Crippen LogP contribution >= 0.6 is 11.6 Å². The third-order valence-corrected chi connectivity index (χ3v) is 5.82. The molecule has 9 heteroatoms. The summed E-state index contributed by atoms with van der Waals surface area (Å²) in [5.41, 5.74) is 3.95. The van der Waals surface area contributed by atoms with Crippen molar-refractivity contribution in [3.63, 3.8) is 0 Å². The number of oxime groups is 1. The minimum atomic E-state index is -0.253. The van der Waals surface area contributed by atoms with E-state index in [0.29, 0.717) is 34.9 Å². The molecule has 0 fully saturated rings. The smallest absolute Gasteiger partial charge is 0.251 e. The molecule has 0 saturated heterocycles. The van der Waals surface area contributed by atoms with Crippen LogP contribution in [0.3, 0.4) is 0 Å². The van der Waals surface area contributed by atoms with Gasteiger partial charge in [-0.1, -0.05) is 41.0 Å². The second-order valence-corrected chi connectivity index (χ2v) is 9.22. The second kappa shape index (κ2) is 12.6. The Hall–Kier alpha value is -3.36. The summed E-state index contributed by atoms with van der Waals surface area (Å²) in [5, 5.41) is 16.9. The highest BCUT2D eigenvalue weighted by molar-refractivity contribution is 6.32. The van der Waals surface area contributed by atoms with Crippen LogP contribution in [0.4, 0.5) is 0 Å². The highest BCUT2D eigenvalue weighted by Gasteiger charge is 2.17. The van der Waals surface area contributed by atoms with E-state index in [-0.39, 0.29) is 24.7 Å². The van der Waals surface area contributed by atoms with Crippen molar-refractivity contribution in [2.75, 3.05) is 13.7 Å². The van der Waals surface area contributed by atoms with Gasteiger partial charge < -0.3 is 24.6 Å². The number of aryl methyl sites for hydroxylation is 1. The molecule has 36 heavy (non-hydrogen) atoms. The lowest BCUT2D eigenvalue weighted by Gasteiger charge is -2.19. The summed E-state index contributed by atoms with van der Waals surface area (Å²) in [5.74, 6) is 1.01. The van der Waals surface area contributed by atoms with E-state index in [1.165, 1.54) is 7.11 Å². The Bertz CT molecular complexity index is 1200. The van der Waals surface area contributed by atoms with Crippen LogP contribution in [-0.2, 0) is 18.3 Å². The van der Waals surface area contributed by atoms with Gasteiger partial charge in [0.25, 0.3) is 5.91 Å². The predicted molar refractivity (Wildman–Crippen MR) is 142 cm³/mol. The highest BCUT2D eigenvalue weighted by Crippen LogP contribution is 2.26. The summed E-state index contributed by atoms with van der Waals surface area (Å²) >= 11 is 6.29. The lowest BCUT2D eigenvalue weighted by Crippen LogP contribution is -2.37. The molecule has 1 aromatic heterocycles. The van der Waals surface area contributed by atoms with Gasteiger partial charge in [-0.05, 0) is 57.4 Å². The lowest BCUT2D eigenvalue weighted by molar-refractivity contribution is 0.0930. The Morgan fingerprint density at radius 3 is 2.56 bits per heavy atom. The van der Waals surface area contributed by atoms with Crippen molar-refractivity contribution in [3.05, 3.63) is 70.6 Å². The molecule has 1 amide bonds. The van der Waals surface area contributed by atoms with Crippen LogP contribution in [0.2, 0.25) is 5.02 Å². The summed E-state index contributed by atoms with van der Waals surface area (Å²) in [4.78, 5) is 22.4. The first-order valence-corrected chi connectivity index (χ1v) is 12.2. The maximum atomic E-state index is 12.9. The first-order valence-electron chi connectivity index (χ1n) is 11.8. The minimum absolute atomic E-state index is 0.0177. The number of halogens is 1. The molecule has 0 aliphatic carbocycles. The summed E-state index contributed by atoms with van der Waals surface area (Å²) in [6, 6.07) is 12.7. The van der Waals surface area contributed by atoms with Gasteiger partial charge in [0.05, 0.1) is 16.8 Å². The second-order valence-electron chi connectivity index (χ2n) is 8.82. The van der Waals surface area contributed by atoms with E-state index in [1.54, 1.807) is 18.2 Å². The van der Waals surface area contributed by atoms with Crippen LogP contribution in [-0.4, -0.2) is 52.1 Å². The molecule has 0 spiro atoms. The molecular formula is C27H33ClN4O4. The van der Waals surface area contributed by atoms with Crippen LogP contribution in [0.1, 0.15) is 48.9 Å². The van der Waals surface area contributed by atoms with Crippen LogP contribution in [0.5, 0.6) is 5.75 Å². The number of carbonyl (C=O) groups excluding carboxylic acids is 1.